The minimum absolute atomic E-state index is 0.327. The predicted octanol–water partition coefficient (Wildman–Crippen LogP) is 5.89. The molecule has 0 atom stereocenters. The molecule has 0 unspecified atom stereocenters. The zero-order chi connectivity index (χ0) is 19.4. The van der Waals surface area contributed by atoms with Gasteiger partial charge in [-0.05, 0) is 44.0 Å². The van der Waals surface area contributed by atoms with Gasteiger partial charge in [-0.2, -0.15) is 0 Å². The Kier molecular flexibility index (Phi) is 6.45. The van der Waals surface area contributed by atoms with Crippen molar-refractivity contribution in [2.75, 3.05) is 7.05 Å². The quantitative estimate of drug-likeness (QED) is 0.297. The van der Waals surface area contributed by atoms with Gasteiger partial charge >= 0.3 is 0 Å². The second kappa shape index (κ2) is 8.81. The lowest BCUT2D eigenvalue weighted by Crippen LogP contribution is -2.39. The highest BCUT2D eigenvalue weighted by Gasteiger charge is 2.25. The zero-order valence-electron chi connectivity index (χ0n) is 15.5. The molecule has 1 aliphatic carbocycles. The van der Waals surface area contributed by atoms with Crippen molar-refractivity contribution in [2.45, 2.75) is 45.1 Å². The number of halogens is 2. The number of aryl methyl sites for hydroxylation is 1. The molecule has 0 radical (unpaired) electrons. The smallest absolute Gasteiger partial charge is 0.230 e. The van der Waals surface area contributed by atoms with E-state index in [4.69, 9.17) is 27.9 Å². The number of pyridine rings is 1. The van der Waals surface area contributed by atoms with Crippen LogP contribution < -0.4 is 4.74 Å². The van der Waals surface area contributed by atoms with Crippen LogP contribution in [0.5, 0.6) is 11.6 Å². The Balaban J connectivity index is 1.96. The van der Waals surface area contributed by atoms with Gasteiger partial charge in [-0.3, -0.25) is 0 Å². The lowest BCUT2D eigenvalue weighted by Gasteiger charge is -2.33. The maximum absolute atomic E-state index is 9.75. The number of benzene rings is 1. The number of aromatic nitrogens is 1. The Labute approximate surface area is 169 Å². The first-order valence-electron chi connectivity index (χ1n) is 9.05. The molecule has 0 bridgehead atoms. The van der Waals surface area contributed by atoms with E-state index in [-0.39, 0.29) is 0 Å². The minimum atomic E-state index is 0.327. The highest BCUT2D eigenvalue weighted by atomic mass is 35.5. The molecule has 1 fully saturated rings. The zero-order valence-corrected chi connectivity index (χ0v) is 17.0. The molecule has 144 valence electrons. The second-order valence-electron chi connectivity index (χ2n) is 6.81. The van der Waals surface area contributed by atoms with Crippen LogP contribution in [0, 0.1) is 6.92 Å². The molecule has 0 spiro atoms. The van der Waals surface area contributed by atoms with Crippen molar-refractivity contribution in [1.29, 1.82) is 0 Å². The van der Waals surface area contributed by atoms with E-state index in [0.717, 1.165) is 18.5 Å². The fraction of sp³-hybridized carbons (Fsp3) is 0.400. The van der Waals surface area contributed by atoms with Gasteiger partial charge in [-0.25, -0.2) is 4.98 Å². The average Bonchev–Trinajstić information content (AvgIpc) is 2.67. The molecular formula is C20H23Cl2N3O2. The summed E-state index contributed by atoms with van der Waals surface area (Å²) in [5, 5.41) is 14.3. The molecule has 27 heavy (non-hydrogen) atoms. The van der Waals surface area contributed by atoms with Gasteiger partial charge in [0.15, 0.2) is 5.84 Å². The van der Waals surface area contributed by atoms with Crippen molar-refractivity contribution in [2.24, 2.45) is 5.16 Å². The standard InChI is InChI=1S/C20H23Cl2N3O2/c1-13-8-10-16(19(24-26)25(2)15-6-4-3-5-7-15)20(23-13)27-18-12-14(21)9-11-17(18)22/h8-12,15,26H,3-7H2,1-2H3/b24-19-. The molecule has 3 rings (SSSR count). The van der Waals surface area contributed by atoms with Crippen LogP contribution in [-0.4, -0.2) is 34.0 Å². The van der Waals surface area contributed by atoms with Crippen LogP contribution in [0.1, 0.15) is 43.4 Å². The number of ether oxygens (including phenoxy) is 1. The second-order valence-corrected chi connectivity index (χ2v) is 7.65. The van der Waals surface area contributed by atoms with Crippen LogP contribution in [0.15, 0.2) is 35.5 Å². The Bertz CT molecular complexity index is 836. The van der Waals surface area contributed by atoms with Crippen molar-refractivity contribution in [3.05, 3.63) is 51.6 Å². The summed E-state index contributed by atoms with van der Waals surface area (Å²) in [7, 11) is 1.95. The summed E-state index contributed by atoms with van der Waals surface area (Å²) < 4.78 is 5.98. The van der Waals surface area contributed by atoms with E-state index in [2.05, 4.69) is 10.1 Å². The van der Waals surface area contributed by atoms with Crippen LogP contribution in [0.2, 0.25) is 10.0 Å². The van der Waals surface area contributed by atoms with Crippen molar-refractivity contribution in [1.82, 2.24) is 9.88 Å². The molecule has 1 heterocycles. The molecule has 1 saturated carbocycles. The van der Waals surface area contributed by atoms with Gasteiger partial charge in [0.2, 0.25) is 5.88 Å². The van der Waals surface area contributed by atoms with E-state index in [1.807, 2.05) is 31.0 Å². The lowest BCUT2D eigenvalue weighted by atomic mass is 9.94. The molecule has 1 aliphatic rings. The van der Waals surface area contributed by atoms with Gasteiger partial charge in [0, 0.05) is 29.9 Å². The Morgan fingerprint density at radius 3 is 2.63 bits per heavy atom. The van der Waals surface area contributed by atoms with Crippen molar-refractivity contribution < 1.29 is 9.94 Å². The summed E-state index contributed by atoms with van der Waals surface area (Å²) in [6.07, 6.45) is 5.77. The molecule has 0 aliphatic heterocycles. The summed E-state index contributed by atoms with van der Waals surface area (Å²) in [4.78, 5) is 6.50. The molecular weight excluding hydrogens is 385 g/mol. The topological polar surface area (TPSA) is 58.0 Å². The van der Waals surface area contributed by atoms with E-state index in [0.29, 0.717) is 39.1 Å². The number of nitrogens with zero attached hydrogens (tertiary/aromatic N) is 3. The number of hydrogen-bond donors (Lipinski definition) is 1. The third-order valence-corrected chi connectivity index (χ3v) is 5.44. The third kappa shape index (κ3) is 4.66. The molecule has 0 amide bonds. The van der Waals surface area contributed by atoms with Crippen molar-refractivity contribution in [3.8, 4) is 11.6 Å². The number of hydrogen-bond acceptors (Lipinski definition) is 4. The predicted molar refractivity (Wildman–Crippen MR) is 108 cm³/mol. The van der Waals surface area contributed by atoms with Gasteiger partial charge in [0.05, 0.1) is 10.6 Å². The average molecular weight is 408 g/mol. The van der Waals surface area contributed by atoms with Gasteiger partial charge < -0.3 is 14.8 Å². The number of oxime groups is 1. The Morgan fingerprint density at radius 1 is 1.19 bits per heavy atom. The summed E-state index contributed by atoms with van der Waals surface area (Å²) in [5.74, 6) is 1.17. The van der Waals surface area contributed by atoms with Crippen molar-refractivity contribution >= 4 is 29.0 Å². The first kappa shape index (κ1) is 19.8. The van der Waals surface area contributed by atoms with Crippen molar-refractivity contribution in [3.63, 3.8) is 0 Å². The highest BCUT2D eigenvalue weighted by molar-refractivity contribution is 6.34. The van der Waals surface area contributed by atoms with Crippen LogP contribution in [0.3, 0.4) is 0 Å². The molecule has 1 aromatic heterocycles. The molecule has 1 aromatic carbocycles. The van der Waals surface area contributed by atoms with E-state index in [1.54, 1.807) is 18.2 Å². The normalized spacial score (nSPS) is 15.6. The molecule has 0 saturated heterocycles. The Morgan fingerprint density at radius 2 is 1.93 bits per heavy atom. The SMILES string of the molecule is Cc1ccc(/C(=N/O)N(C)C2CCCCC2)c(Oc2cc(Cl)ccc2Cl)n1. The minimum Gasteiger partial charge on any atom is -0.437 e. The van der Waals surface area contributed by atoms with Gasteiger partial charge in [0.1, 0.15) is 5.75 Å². The summed E-state index contributed by atoms with van der Waals surface area (Å²) in [6, 6.07) is 9.04. The molecule has 7 heteroatoms. The largest absolute Gasteiger partial charge is 0.437 e. The van der Waals surface area contributed by atoms with E-state index < -0.39 is 0 Å². The third-order valence-electron chi connectivity index (χ3n) is 4.89. The fourth-order valence-electron chi connectivity index (χ4n) is 3.40. The van der Waals surface area contributed by atoms with Gasteiger partial charge in [0.25, 0.3) is 0 Å². The maximum Gasteiger partial charge on any atom is 0.230 e. The lowest BCUT2D eigenvalue weighted by molar-refractivity contribution is 0.256. The maximum atomic E-state index is 9.75. The molecule has 5 nitrogen and oxygen atoms in total. The Hall–Kier alpha value is -1.98. The molecule has 2 aromatic rings. The van der Waals surface area contributed by atoms with Gasteiger partial charge in [-0.1, -0.05) is 47.6 Å². The number of amidine groups is 1. The monoisotopic (exact) mass is 407 g/mol. The molecule has 1 N–H and O–H groups in total. The van der Waals surface area contributed by atoms with Crippen LogP contribution >= 0.6 is 23.2 Å². The van der Waals surface area contributed by atoms with Crippen LogP contribution in [0.4, 0.5) is 0 Å². The van der Waals surface area contributed by atoms with E-state index >= 15 is 0 Å². The van der Waals surface area contributed by atoms with Crippen LogP contribution in [-0.2, 0) is 0 Å². The fourth-order valence-corrected chi connectivity index (χ4v) is 3.71. The summed E-state index contributed by atoms with van der Waals surface area (Å²) in [6.45, 7) is 1.87. The summed E-state index contributed by atoms with van der Waals surface area (Å²) >= 11 is 12.3. The van der Waals surface area contributed by atoms with E-state index in [1.165, 1.54) is 19.3 Å². The van der Waals surface area contributed by atoms with Gasteiger partial charge in [-0.15, -0.1) is 0 Å². The van der Waals surface area contributed by atoms with E-state index in [9.17, 15) is 5.21 Å². The number of rotatable bonds is 4. The highest BCUT2D eigenvalue weighted by Crippen LogP contribution is 2.33. The first-order valence-corrected chi connectivity index (χ1v) is 9.81. The van der Waals surface area contributed by atoms with Crippen LogP contribution in [0.25, 0.3) is 0 Å². The summed E-state index contributed by atoms with van der Waals surface area (Å²) in [5.41, 5.74) is 1.39. The first-order chi connectivity index (χ1) is 13.0.